The van der Waals surface area contributed by atoms with Crippen molar-refractivity contribution in [1.29, 1.82) is 0 Å². The van der Waals surface area contributed by atoms with E-state index in [0.29, 0.717) is 13.0 Å². The summed E-state index contributed by atoms with van der Waals surface area (Å²) in [5, 5.41) is 15.9. The zero-order valence-electron chi connectivity index (χ0n) is 18.5. The minimum Gasteiger partial charge on any atom is -0.487 e. The Morgan fingerprint density at radius 1 is 1.09 bits per heavy atom. The van der Waals surface area contributed by atoms with Gasteiger partial charge in [-0.1, -0.05) is 36.8 Å². The number of aliphatic hydroxyl groups excluding tert-OH is 1. The molecule has 2 amide bonds. The van der Waals surface area contributed by atoms with E-state index in [1.165, 1.54) is 0 Å². The predicted octanol–water partition coefficient (Wildman–Crippen LogP) is 3.13. The Labute approximate surface area is 193 Å². The van der Waals surface area contributed by atoms with E-state index in [4.69, 9.17) is 9.47 Å². The first-order chi connectivity index (χ1) is 16.1. The van der Waals surface area contributed by atoms with Crippen LogP contribution in [-0.2, 0) is 20.9 Å². The Kier molecular flexibility index (Phi) is 6.33. The highest BCUT2D eigenvalue weighted by Gasteiger charge is 2.46. The quantitative estimate of drug-likeness (QED) is 0.602. The van der Waals surface area contributed by atoms with Crippen molar-refractivity contribution < 1.29 is 24.2 Å². The van der Waals surface area contributed by atoms with Gasteiger partial charge in [0.25, 0.3) is 0 Å². The lowest BCUT2D eigenvalue weighted by Gasteiger charge is -2.37. The predicted molar refractivity (Wildman–Crippen MR) is 123 cm³/mol. The number of hydrogen-bond acceptors (Lipinski definition) is 5. The standard InChI is InChI=1S/C26H30N2O5/c29-15-23-25-21(12-19(32-23)13-24(30)27-14-16-5-2-1-3-6-16)20-11-18(9-10-22(20)33-25)28-26(31)17-7-4-8-17/h1-3,5-6,9-11,17,19,21,23,25,29H,4,7-8,12-15H2,(H,27,30)(H,28,31)/t19-,21+,23+,25-/m0/s1. The van der Waals surface area contributed by atoms with Crippen LogP contribution in [0, 0.1) is 5.92 Å². The lowest BCUT2D eigenvalue weighted by Crippen LogP contribution is -2.47. The van der Waals surface area contributed by atoms with Crippen LogP contribution in [0.1, 0.15) is 49.1 Å². The number of anilines is 1. The summed E-state index contributed by atoms with van der Waals surface area (Å²) in [5.74, 6) is 0.855. The number of amides is 2. The molecular formula is C26H30N2O5. The van der Waals surface area contributed by atoms with E-state index in [-0.39, 0.29) is 48.9 Å². The molecule has 0 bridgehead atoms. The molecule has 2 aromatic carbocycles. The number of benzene rings is 2. The molecule has 2 fully saturated rings. The van der Waals surface area contributed by atoms with Gasteiger partial charge in [-0.05, 0) is 43.0 Å². The van der Waals surface area contributed by atoms with Crippen LogP contribution in [0.25, 0.3) is 0 Å². The van der Waals surface area contributed by atoms with Crippen molar-refractivity contribution in [2.75, 3.05) is 11.9 Å². The number of carbonyl (C=O) groups excluding carboxylic acids is 2. The Morgan fingerprint density at radius 2 is 1.91 bits per heavy atom. The largest absolute Gasteiger partial charge is 0.487 e. The molecule has 1 aliphatic carbocycles. The van der Waals surface area contributed by atoms with Gasteiger partial charge >= 0.3 is 0 Å². The monoisotopic (exact) mass is 450 g/mol. The van der Waals surface area contributed by atoms with Crippen LogP contribution in [0.15, 0.2) is 48.5 Å². The van der Waals surface area contributed by atoms with Crippen LogP contribution in [0.5, 0.6) is 5.75 Å². The summed E-state index contributed by atoms with van der Waals surface area (Å²) in [5.41, 5.74) is 2.81. The topological polar surface area (TPSA) is 96.9 Å². The minimum absolute atomic E-state index is 0.00150. The van der Waals surface area contributed by atoms with Crippen LogP contribution in [0.3, 0.4) is 0 Å². The molecule has 0 radical (unpaired) electrons. The fourth-order valence-electron chi connectivity index (χ4n) is 4.96. The van der Waals surface area contributed by atoms with Gasteiger partial charge in [-0.25, -0.2) is 0 Å². The molecule has 1 saturated heterocycles. The molecule has 2 aliphatic heterocycles. The Balaban J connectivity index is 1.25. The molecular weight excluding hydrogens is 420 g/mol. The second-order valence-electron chi connectivity index (χ2n) is 9.24. The highest BCUT2D eigenvalue weighted by Crippen LogP contribution is 2.47. The highest BCUT2D eigenvalue weighted by molar-refractivity contribution is 5.93. The summed E-state index contributed by atoms with van der Waals surface area (Å²) in [4.78, 5) is 24.9. The number of nitrogens with one attached hydrogen (secondary N) is 2. The summed E-state index contributed by atoms with van der Waals surface area (Å²) in [7, 11) is 0. The van der Waals surface area contributed by atoms with Crippen molar-refractivity contribution in [2.45, 2.75) is 62.9 Å². The summed E-state index contributed by atoms with van der Waals surface area (Å²) < 4.78 is 12.2. The lowest BCUT2D eigenvalue weighted by atomic mass is 9.83. The van der Waals surface area contributed by atoms with Gasteiger partial charge in [-0.3, -0.25) is 9.59 Å². The molecule has 5 rings (SSSR count). The number of rotatable bonds is 7. The number of aliphatic hydroxyl groups is 1. The average molecular weight is 451 g/mol. The van der Waals surface area contributed by atoms with Crippen molar-refractivity contribution in [3.05, 3.63) is 59.7 Å². The van der Waals surface area contributed by atoms with Crippen LogP contribution in [-0.4, -0.2) is 41.8 Å². The van der Waals surface area contributed by atoms with Crippen molar-refractivity contribution >= 4 is 17.5 Å². The fraction of sp³-hybridized carbons (Fsp3) is 0.462. The van der Waals surface area contributed by atoms with Gasteiger partial charge in [0, 0.05) is 29.6 Å². The van der Waals surface area contributed by atoms with Gasteiger partial charge in [0.2, 0.25) is 11.8 Å². The molecule has 33 heavy (non-hydrogen) atoms. The summed E-state index contributed by atoms with van der Waals surface area (Å²) in [6.45, 7) is 0.292. The first-order valence-corrected chi connectivity index (χ1v) is 11.8. The third-order valence-corrected chi connectivity index (χ3v) is 6.99. The molecule has 1 saturated carbocycles. The van der Waals surface area contributed by atoms with Crippen molar-refractivity contribution in [2.24, 2.45) is 5.92 Å². The highest BCUT2D eigenvalue weighted by atomic mass is 16.6. The zero-order valence-corrected chi connectivity index (χ0v) is 18.5. The van der Waals surface area contributed by atoms with Gasteiger partial charge in [0.15, 0.2) is 0 Å². The molecule has 2 aromatic rings. The number of hydrogen-bond donors (Lipinski definition) is 3. The van der Waals surface area contributed by atoms with Crippen LogP contribution in [0.2, 0.25) is 0 Å². The molecule has 2 heterocycles. The van der Waals surface area contributed by atoms with Crippen molar-refractivity contribution in [3.8, 4) is 5.75 Å². The van der Waals surface area contributed by atoms with Gasteiger partial charge < -0.3 is 25.2 Å². The molecule has 0 aromatic heterocycles. The molecule has 0 spiro atoms. The number of carbonyl (C=O) groups is 2. The molecule has 4 atom stereocenters. The van der Waals surface area contributed by atoms with Gasteiger partial charge in [-0.15, -0.1) is 0 Å². The minimum atomic E-state index is -0.504. The third-order valence-electron chi connectivity index (χ3n) is 6.99. The van der Waals surface area contributed by atoms with Crippen LogP contribution < -0.4 is 15.4 Å². The van der Waals surface area contributed by atoms with Gasteiger partial charge in [0.05, 0.1) is 19.1 Å². The van der Waals surface area contributed by atoms with Crippen LogP contribution in [0.4, 0.5) is 5.69 Å². The summed E-state index contributed by atoms with van der Waals surface area (Å²) in [6.07, 6.45) is 2.74. The van der Waals surface area contributed by atoms with E-state index in [9.17, 15) is 14.7 Å². The second kappa shape index (κ2) is 9.53. The van der Waals surface area contributed by atoms with E-state index in [2.05, 4.69) is 10.6 Å². The average Bonchev–Trinajstić information content (AvgIpc) is 3.14. The SMILES string of the molecule is O=C(C[C@@H]1C[C@@H]2c3cc(NC(=O)C4CCC4)ccc3O[C@@H]2[C@@H](CO)O1)NCc1ccccc1. The number of ether oxygens (including phenoxy) is 2. The summed E-state index contributed by atoms with van der Waals surface area (Å²) in [6, 6.07) is 15.5. The smallest absolute Gasteiger partial charge is 0.227 e. The molecule has 3 aliphatic rings. The number of fused-ring (bicyclic) bond motifs is 3. The van der Waals surface area contributed by atoms with Gasteiger partial charge in [-0.2, -0.15) is 0 Å². The van der Waals surface area contributed by atoms with E-state index in [1.807, 2.05) is 48.5 Å². The van der Waals surface area contributed by atoms with Gasteiger partial charge in [0.1, 0.15) is 18.0 Å². The lowest BCUT2D eigenvalue weighted by molar-refractivity contribution is -0.142. The van der Waals surface area contributed by atoms with E-state index in [1.54, 1.807) is 0 Å². The van der Waals surface area contributed by atoms with E-state index in [0.717, 1.165) is 41.8 Å². The summed E-state index contributed by atoms with van der Waals surface area (Å²) >= 11 is 0. The maximum Gasteiger partial charge on any atom is 0.227 e. The molecule has 7 heteroatoms. The zero-order chi connectivity index (χ0) is 22.8. The van der Waals surface area contributed by atoms with E-state index < -0.39 is 6.10 Å². The van der Waals surface area contributed by atoms with Crippen LogP contribution >= 0.6 is 0 Å². The van der Waals surface area contributed by atoms with E-state index >= 15 is 0 Å². The Morgan fingerprint density at radius 3 is 2.64 bits per heavy atom. The van der Waals surface area contributed by atoms with Crippen molar-refractivity contribution in [1.82, 2.24) is 5.32 Å². The molecule has 0 unspecified atom stereocenters. The Hall–Kier alpha value is -2.90. The second-order valence-corrected chi connectivity index (χ2v) is 9.24. The molecule has 174 valence electrons. The maximum absolute atomic E-state index is 12.6. The Bertz CT molecular complexity index is 1010. The van der Waals surface area contributed by atoms with Crippen molar-refractivity contribution in [3.63, 3.8) is 0 Å². The molecule has 7 nitrogen and oxygen atoms in total. The molecule has 3 N–H and O–H groups in total. The first-order valence-electron chi connectivity index (χ1n) is 11.8. The normalized spacial score (nSPS) is 25.8. The first kappa shape index (κ1) is 21.9. The fourth-order valence-corrected chi connectivity index (χ4v) is 4.96. The third kappa shape index (κ3) is 4.75. The maximum atomic E-state index is 12.6.